The monoisotopic (exact) mass is 316 g/mol. The van der Waals surface area contributed by atoms with Crippen LogP contribution in [0.3, 0.4) is 0 Å². The van der Waals surface area contributed by atoms with Gasteiger partial charge >= 0.3 is 12.0 Å². The van der Waals surface area contributed by atoms with E-state index in [0.29, 0.717) is 19.5 Å². The zero-order valence-corrected chi connectivity index (χ0v) is 13.3. The Bertz CT molecular complexity index is 767. The number of amides is 2. The zero-order chi connectivity index (χ0) is 16.6. The molecule has 3 rings (SSSR count). The third-order valence-electron chi connectivity index (χ3n) is 4.62. The Hall–Kier alpha value is -2.50. The van der Waals surface area contributed by atoms with Crippen molar-refractivity contribution in [3.8, 4) is 0 Å². The number of aliphatic carboxylic acids is 1. The van der Waals surface area contributed by atoms with E-state index in [9.17, 15) is 14.7 Å². The average Bonchev–Trinajstić information content (AvgIpc) is 3.08. The lowest BCUT2D eigenvalue weighted by Crippen LogP contribution is -2.40. The molecular weight excluding hydrogens is 296 g/mol. The minimum absolute atomic E-state index is 0.229. The highest BCUT2D eigenvalue weighted by molar-refractivity contribution is 5.82. The van der Waals surface area contributed by atoms with Gasteiger partial charge in [-0.15, -0.1) is 0 Å². The zero-order valence-electron chi connectivity index (χ0n) is 13.3. The molecule has 1 fully saturated rings. The molecule has 1 aromatic carbocycles. The topological polar surface area (TPSA) is 82.8 Å². The first kappa shape index (κ1) is 15.4. The molecule has 1 atom stereocenters. The number of likely N-dealkylation sites (tertiary alicyclic amines) is 1. The quantitative estimate of drug-likeness (QED) is 0.912. The summed E-state index contributed by atoms with van der Waals surface area (Å²) in [6, 6.07) is 7.48. The fourth-order valence-electron chi connectivity index (χ4n) is 2.97. The summed E-state index contributed by atoms with van der Waals surface area (Å²) in [5.41, 5.74) is 0.957. The second-order valence-corrected chi connectivity index (χ2v) is 6.34. The normalized spacial score (nSPS) is 20.9. The summed E-state index contributed by atoms with van der Waals surface area (Å²) in [6.45, 7) is 4.61. The molecule has 0 saturated carbocycles. The maximum absolute atomic E-state index is 12.2. The molecule has 2 heterocycles. The fraction of sp³-hybridized carbons (Fsp3) is 0.412. The van der Waals surface area contributed by atoms with Crippen molar-refractivity contribution in [3.05, 3.63) is 35.6 Å². The summed E-state index contributed by atoms with van der Waals surface area (Å²) in [7, 11) is 0. The van der Waals surface area contributed by atoms with E-state index in [1.165, 1.54) is 0 Å². The summed E-state index contributed by atoms with van der Waals surface area (Å²) >= 11 is 0. The van der Waals surface area contributed by atoms with Crippen LogP contribution in [0.2, 0.25) is 0 Å². The molecule has 1 saturated heterocycles. The van der Waals surface area contributed by atoms with E-state index < -0.39 is 11.4 Å². The molecule has 2 aromatic rings. The van der Waals surface area contributed by atoms with Crippen LogP contribution in [0.15, 0.2) is 28.7 Å². The highest BCUT2D eigenvalue weighted by Crippen LogP contribution is 2.30. The lowest BCUT2D eigenvalue weighted by Gasteiger charge is -2.20. The molecule has 2 N–H and O–H groups in total. The molecule has 0 radical (unpaired) electrons. The summed E-state index contributed by atoms with van der Waals surface area (Å²) in [5.74, 6) is -0.138. The number of nitrogens with zero attached hydrogens (tertiary/aromatic N) is 1. The number of carbonyl (C=O) groups excluding carboxylic acids is 1. The number of carboxylic acids is 1. The molecule has 0 bridgehead atoms. The lowest BCUT2D eigenvalue weighted by molar-refractivity contribution is -0.147. The number of benzene rings is 1. The molecule has 122 valence electrons. The van der Waals surface area contributed by atoms with Gasteiger partial charge in [-0.2, -0.15) is 0 Å². The van der Waals surface area contributed by atoms with Gasteiger partial charge in [-0.3, -0.25) is 4.79 Å². The first-order valence-corrected chi connectivity index (χ1v) is 7.64. The Labute approximate surface area is 134 Å². The molecule has 0 spiro atoms. The van der Waals surface area contributed by atoms with Gasteiger partial charge in [0.25, 0.3) is 0 Å². The Balaban J connectivity index is 1.65. The number of nitrogens with one attached hydrogen (secondary N) is 1. The number of hydrogen-bond donors (Lipinski definition) is 2. The molecular formula is C17H20N2O4. The Morgan fingerprint density at radius 2 is 2.13 bits per heavy atom. The van der Waals surface area contributed by atoms with Crippen LogP contribution in [0, 0.1) is 12.3 Å². The molecule has 1 unspecified atom stereocenters. The number of hydrogen-bond acceptors (Lipinski definition) is 3. The van der Waals surface area contributed by atoms with Gasteiger partial charge in [-0.05, 0) is 26.3 Å². The highest BCUT2D eigenvalue weighted by Gasteiger charge is 2.42. The number of carbonyl (C=O) groups is 2. The molecule has 0 aliphatic carbocycles. The van der Waals surface area contributed by atoms with Crippen molar-refractivity contribution >= 4 is 23.0 Å². The Kier molecular flexibility index (Phi) is 3.75. The van der Waals surface area contributed by atoms with Crippen LogP contribution in [0.1, 0.15) is 24.7 Å². The van der Waals surface area contributed by atoms with Gasteiger partial charge in [-0.25, -0.2) is 4.79 Å². The van der Waals surface area contributed by atoms with E-state index in [2.05, 4.69) is 5.32 Å². The van der Waals surface area contributed by atoms with Crippen LogP contribution < -0.4 is 5.32 Å². The molecule has 23 heavy (non-hydrogen) atoms. The third-order valence-corrected chi connectivity index (χ3v) is 4.62. The molecule has 1 aliphatic rings. The second-order valence-electron chi connectivity index (χ2n) is 6.34. The number of para-hydroxylation sites is 1. The van der Waals surface area contributed by atoms with Crippen molar-refractivity contribution in [2.75, 3.05) is 13.1 Å². The number of furan rings is 1. The SMILES string of the molecule is Cc1c(CNC(=O)N2CCC(C)(C(=O)O)C2)oc2ccccc12. The third kappa shape index (κ3) is 2.76. The van der Waals surface area contributed by atoms with Crippen LogP contribution >= 0.6 is 0 Å². The smallest absolute Gasteiger partial charge is 0.317 e. The van der Waals surface area contributed by atoms with Crippen molar-refractivity contribution in [3.63, 3.8) is 0 Å². The van der Waals surface area contributed by atoms with Crippen LogP contribution in [0.5, 0.6) is 0 Å². The largest absolute Gasteiger partial charge is 0.481 e. The van der Waals surface area contributed by atoms with Crippen LogP contribution in [0.4, 0.5) is 4.79 Å². The standard InChI is InChI=1S/C17H20N2O4/c1-11-12-5-3-4-6-13(12)23-14(11)9-18-16(22)19-8-7-17(2,10-19)15(20)21/h3-6H,7-10H2,1-2H3,(H,18,22)(H,20,21). The van der Waals surface area contributed by atoms with Gasteiger partial charge in [0.2, 0.25) is 0 Å². The minimum atomic E-state index is -0.860. The van der Waals surface area contributed by atoms with Crippen LogP contribution in [0.25, 0.3) is 11.0 Å². The molecule has 1 aromatic heterocycles. The first-order chi connectivity index (χ1) is 10.9. The van der Waals surface area contributed by atoms with Crippen molar-refractivity contribution in [1.29, 1.82) is 0 Å². The van der Waals surface area contributed by atoms with Gasteiger partial charge in [0.1, 0.15) is 11.3 Å². The van der Waals surface area contributed by atoms with E-state index >= 15 is 0 Å². The van der Waals surface area contributed by atoms with Gasteiger partial charge in [-0.1, -0.05) is 18.2 Å². The minimum Gasteiger partial charge on any atom is -0.481 e. The molecule has 2 amide bonds. The number of carboxylic acid groups (broad SMARTS) is 1. The number of aryl methyl sites for hydroxylation is 1. The van der Waals surface area contributed by atoms with E-state index in [4.69, 9.17) is 4.42 Å². The van der Waals surface area contributed by atoms with Gasteiger partial charge in [0.15, 0.2) is 0 Å². The maximum Gasteiger partial charge on any atom is 0.317 e. The summed E-state index contributed by atoms with van der Waals surface area (Å²) in [6.07, 6.45) is 0.472. The summed E-state index contributed by atoms with van der Waals surface area (Å²) in [5, 5.41) is 13.1. The van der Waals surface area contributed by atoms with E-state index in [1.807, 2.05) is 31.2 Å². The first-order valence-electron chi connectivity index (χ1n) is 7.64. The van der Waals surface area contributed by atoms with E-state index in [-0.39, 0.29) is 12.6 Å². The van der Waals surface area contributed by atoms with E-state index in [0.717, 1.165) is 22.3 Å². The molecule has 6 nitrogen and oxygen atoms in total. The highest BCUT2D eigenvalue weighted by atomic mass is 16.4. The van der Waals surface area contributed by atoms with Crippen molar-refractivity contribution in [2.24, 2.45) is 5.41 Å². The van der Waals surface area contributed by atoms with Gasteiger partial charge < -0.3 is 19.7 Å². The lowest BCUT2D eigenvalue weighted by atomic mass is 9.90. The molecule has 1 aliphatic heterocycles. The Morgan fingerprint density at radius 1 is 1.39 bits per heavy atom. The van der Waals surface area contributed by atoms with E-state index in [1.54, 1.807) is 11.8 Å². The summed E-state index contributed by atoms with van der Waals surface area (Å²) in [4.78, 5) is 25.0. The summed E-state index contributed by atoms with van der Waals surface area (Å²) < 4.78 is 5.76. The average molecular weight is 316 g/mol. The predicted molar refractivity (Wildman–Crippen MR) is 85.1 cm³/mol. The van der Waals surface area contributed by atoms with Crippen LogP contribution in [-0.4, -0.2) is 35.1 Å². The second kappa shape index (κ2) is 5.61. The van der Waals surface area contributed by atoms with Gasteiger partial charge in [0, 0.05) is 24.0 Å². The van der Waals surface area contributed by atoms with Gasteiger partial charge in [0.05, 0.1) is 12.0 Å². The Morgan fingerprint density at radius 3 is 2.78 bits per heavy atom. The van der Waals surface area contributed by atoms with Crippen LogP contribution in [-0.2, 0) is 11.3 Å². The predicted octanol–water partition coefficient (Wildman–Crippen LogP) is 2.75. The van der Waals surface area contributed by atoms with Crippen molar-refractivity contribution in [2.45, 2.75) is 26.8 Å². The van der Waals surface area contributed by atoms with Crippen molar-refractivity contribution in [1.82, 2.24) is 10.2 Å². The number of rotatable bonds is 3. The van der Waals surface area contributed by atoms with Crippen molar-refractivity contribution < 1.29 is 19.1 Å². The number of fused-ring (bicyclic) bond motifs is 1. The fourth-order valence-corrected chi connectivity index (χ4v) is 2.97. The number of urea groups is 1. The molecule has 6 heteroatoms. The maximum atomic E-state index is 12.2.